The number of unbranched alkanes of at least 4 members (excludes halogenated alkanes) is 2. The minimum absolute atomic E-state index is 0.282. The molecule has 0 aliphatic carbocycles. The maximum atomic E-state index is 10.7. The molecule has 0 unspecified atom stereocenters. The van der Waals surface area contributed by atoms with Gasteiger partial charge in [0.05, 0.1) is 0 Å². The van der Waals surface area contributed by atoms with Crippen molar-refractivity contribution in [3.05, 3.63) is 88.5 Å². The van der Waals surface area contributed by atoms with E-state index in [1.807, 2.05) is 39.0 Å². The van der Waals surface area contributed by atoms with Gasteiger partial charge in [0.25, 0.3) is 0 Å². The van der Waals surface area contributed by atoms with Crippen molar-refractivity contribution in [2.45, 2.75) is 79.6 Å². The van der Waals surface area contributed by atoms with Gasteiger partial charge < -0.3 is 5.73 Å². The van der Waals surface area contributed by atoms with Gasteiger partial charge in [0.1, 0.15) is 6.29 Å². The average molecular weight is 474 g/mol. The van der Waals surface area contributed by atoms with Gasteiger partial charge in [-0.05, 0) is 65.3 Å². The van der Waals surface area contributed by atoms with Crippen LogP contribution in [0.4, 0.5) is 0 Å². The second kappa shape index (κ2) is 16.4. The number of aryl methyl sites for hydroxylation is 2. The summed E-state index contributed by atoms with van der Waals surface area (Å²) in [7, 11) is 0. The van der Waals surface area contributed by atoms with Crippen molar-refractivity contribution in [1.29, 1.82) is 0 Å². The third-order valence-corrected chi connectivity index (χ3v) is 5.64. The molecule has 3 heteroatoms. The average Bonchev–Trinajstić information content (AvgIpc) is 2.86. The van der Waals surface area contributed by atoms with E-state index in [1.165, 1.54) is 41.2 Å². The fourth-order valence-electron chi connectivity index (χ4n) is 3.79. The van der Waals surface area contributed by atoms with E-state index in [1.54, 1.807) is 0 Å². The highest BCUT2D eigenvalue weighted by Gasteiger charge is 2.06. The fraction of sp³-hybridized carbons (Fsp3) is 0.375. The van der Waals surface area contributed by atoms with Gasteiger partial charge in [-0.25, -0.2) is 0 Å². The number of rotatable bonds is 9. The molecule has 3 aromatic carbocycles. The Morgan fingerprint density at radius 3 is 2.37 bits per heavy atom. The highest BCUT2D eigenvalue weighted by atomic mass is 16.1. The quantitative estimate of drug-likeness (QED) is 0.250. The van der Waals surface area contributed by atoms with Crippen LogP contribution in [0.2, 0.25) is 0 Å². The molecule has 0 fully saturated rings. The molecule has 188 valence electrons. The van der Waals surface area contributed by atoms with Gasteiger partial charge in [0.15, 0.2) is 0 Å². The number of allylic oxidation sites excluding steroid dienone is 1. The lowest BCUT2D eigenvalue weighted by Gasteiger charge is -2.11. The third kappa shape index (κ3) is 10.3. The van der Waals surface area contributed by atoms with Crippen LogP contribution in [0.1, 0.15) is 98.8 Å². The zero-order chi connectivity index (χ0) is 26.2. The van der Waals surface area contributed by atoms with Gasteiger partial charge >= 0.3 is 0 Å². The van der Waals surface area contributed by atoms with E-state index in [2.05, 4.69) is 69.3 Å². The van der Waals surface area contributed by atoms with Gasteiger partial charge in [-0.2, -0.15) is 0 Å². The summed E-state index contributed by atoms with van der Waals surface area (Å²) in [4.78, 5) is 21.3. The Labute approximate surface area is 212 Å². The minimum atomic E-state index is -0.345. The second-order valence-electron chi connectivity index (χ2n) is 8.82. The zero-order valence-electron chi connectivity index (χ0n) is 22.4. The maximum Gasteiger partial charge on any atom is 0.217 e. The van der Waals surface area contributed by atoms with Gasteiger partial charge in [0.2, 0.25) is 5.91 Å². The lowest BCUT2D eigenvalue weighted by molar-refractivity contribution is -0.117. The number of nitrogens with two attached hydrogens (primary N) is 1. The monoisotopic (exact) mass is 473 g/mol. The van der Waals surface area contributed by atoms with Crippen LogP contribution >= 0.6 is 0 Å². The molecule has 0 bridgehead atoms. The number of hydrogen-bond donors (Lipinski definition) is 1. The molecule has 3 aromatic rings. The molecule has 3 nitrogen and oxygen atoms in total. The van der Waals surface area contributed by atoms with Gasteiger partial charge in [-0.3, -0.25) is 9.59 Å². The Morgan fingerprint density at radius 2 is 1.74 bits per heavy atom. The van der Waals surface area contributed by atoms with Crippen molar-refractivity contribution in [1.82, 2.24) is 0 Å². The van der Waals surface area contributed by atoms with E-state index in [0.29, 0.717) is 17.9 Å². The molecule has 1 amide bonds. The van der Waals surface area contributed by atoms with Crippen LogP contribution in [0.3, 0.4) is 0 Å². The number of aldehydes is 1. The van der Waals surface area contributed by atoms with Crippen LogP contribution in [0, 0.1) is 6.92 Å². The van der Waals surface area contributed by atoms with Crippen LogP contribution in [0.15, 0.2) is 60.7 Å². The summed E-state index contributed by atoms with van der Waals surface area (Å²) in [6.45, 7) is 12.7. The molecular formula is C32H43NO2. The first-order valence-electron chi connectivity index (χ1n) is 12.9. The van der Waals surface area contributed by atoms with E-state index in [9.17, 15) is 9.59 Å². The van der Waals surface area contributed by atoms with Crippen molar-refractivity contribution in [2.24, 2.45) is 5.73 Å². The fourth-order valence-corrected chi connectivity index (χ4v) is 3.79. The molecule has 0 aromatic heterocycles. The molecule has 0 aliphatic heterocycles. The first-order valence-corrected chi connectivity index (χ1v) is 12.9. The zero-order valence-corrected chi connectivity index (χ0v) is 22.4. The number of primary amides is 1. The third-order valence-electron chi connectivity index (χ3n) is 5.64. The van der Waals surface area contributed by atoms with Gasteiger partial charge in [-0.1, -0.05) is 108 Å². The summed E-state index contributed by atoms with van der Waals surface area (Å²) >= 11 is 0. The highest BCUT2D eigenvalue weighted by Crippen LogP contribution is 2.27. The molecule has 0 saturated carbocycles. The molecule has 0 heterocycles. The summed E-state index contributed by atoms with van der Waals surface area (Å²) in [5, 5.41) is 2.74. The SMILES string of the molecule is CC.CCCC/C=C\c1cc(C(C)C)c2ccccc2c1.Cc1ccc(CCC(N)=O)c(C=O)c1. The van der Waals surface area contributed by atoms with Crippen molar-refractivity contribution in [3.8, 4) is 0 Å². The first kappa shape index (κ1) is 29.8. The van der Waals surface area contributed by atoms with Crippen molar-refractivity contribution in [2.75, 3.05) is 0 Å². The summed E-state index contributed by atoms with van der Waals surface area (Å²) in [5.74, 6) is 0.219. The number of hydrogen-bond acceptors (Lipinski definition) is 2. The number of carbonyl (C=O) groups is 2. The Hall–Kier alpha value is -3.20. The Balaban J connectivity index is 0.000000341. The summed E-state index contributed by atoms with van der Waals surface area (Å²) in [5.41, 5.74) is 10.4. The van der Waals surface area contributed by atoms with E-state index >= 15 is 0 Å². The Morgan fingerprint density at radius 1 is 1.03 bits per heavy atom. The predicted octanol–water partition coefficient (Wildman–Crippen LogP) is 8.42. The number of amides is 1. The molecule has 35 heavy (non-hydrogen) atoms. The predicted molar refractivity (Wildman–Crippen MR) is 152 cm³/mol. The van der Waals surface area contributed by atoms with Crippen LogP contribution < -0.4 is 5.73 Å². The topological polar surface area (TPSA) is 60.2 Å². The summed E-state index contributed by atoms with van der Waals surface area (Å²) in [6.07, 6.45) is 9.92. The van der Waals surface area contributed by atoms with E-state index in [4.69, 9.17) is 5.73 Å². The largest absolute Gasteiger partial charge is 0.370 e. The van der Waals surface area contributed by atoms with E-state index in [0.717, 1.165) is 17.4 Å². The first-order chi connectivity index (χ1) is 16.8. The maximum absolute atomic E-state index is 10.7. The summed E-state index contributed by atoms with van der Waals surface area (Å²) in [6, 6.07) is 18.9. The summed E-state index contributed by atoms with van der Waals surface area (Å²) < 4.78 is 0. The van der Waals surface area contributed by atoms with Crippen molar-refractivity contribution >= 4 is 29.0 Å². The normalized spacial score (nSPS) is 10.5. The van der Waals surface area contributed by atoms with Crippen LogP contribution in [0.25, 0.3) is 16.8 Å². The molecule has 0 atom stereocenters. The van der Waals surface area contributed by atoms with E-state index < -0.39 is 0 Å². The standard InChI is InChI=1S/C19H24.C11H13NO2.C2H6/c1-4-5-6-7-10-16-13-17-11-8-9-12-18(17)19(14-16)15(2)3;1-8-2-3-9(4-5-11(12)14)10(6-8)7-13;1-2/h7-15H,4-6H2,1-3H3;2-3,6-7H,4-5H2,1H3,(H2,12,14);1-2H3/b10-7-;;. The van der Waals surface area contributed by atoms with Gasteiger partial charge in [-0.15, -0.1) is 0 Å². The van der Waals surface area contributed by atoms with Crippen LogP contribution in [-0.4, -0.2) is 12.2 Å². The van der Waals surface area contributed by atoms with Crippen molar-refractivity contribution < 1.29 is 9.59 Å². The van der Waals surface area contributed by atoms with E-state index in [-0.39, 0.29) is 12.3 Å². The molecule has 0 saturated heterocycles. The molecule has 0 spiro atoms. The molecule has 0 aliphatic rings. The Kier molecular flexibility index (Phi) is 14.0. The van der Waals surface area contributed by atoms with Crippen LogP contribution in [-0.2, 0) is 11.2 Å². The number of carbonyl (C=O) groups excluding carboxylic acids is 2. The molecular weight excluding hydrogens is 430 g/mol. The lowest BCUT2D eigenvalue weighted by atomic mass is 9.93. The molecule has 2 N–H and O–H groups in total. The smallest absolute Gasteiger partial charge is 0.217 e. The Bertz CT molecular complexity index is 1100. The van der Waals surface area contributed by atoms with Crippen LogP contribution in [0.5, 0.6) is 0 Å². The highest BCUT2D eigenvalue weighted by molar-refractivity contribution is 5.88. The molecule has 0 radical (unpaired) electrons. The lowest BCUT2D eigenvalue weighted by Crippen LogP contribution is -2.11. The molecule has 3 rings (SSSR count). The number of benzene rings is 3. The van der Waals surface area contributed by atoms with Crippen molar-refractivity contribution in [3.63, 3.8) is 0 Å². The van der Waals surface area contributed by atoms with Gasteiger partial charge in [0, 0.05) is 12.0 Å². The minimum Gasteiger partial charge on any atom is -0.370 e. The second-order valence-corrected chi connectivity index (χ2v) is 8.82. The number of fused-ring (bicyclic) bond motifs is 1.